The van der Waals surface area contributed by atoms with Gasteiger partial charge in [-0.15, -0.1) is 0 Å². The van der Waals surface area contributed by atoms with Crippen LogP contribution in [-0.4, -0.2) is 19.2 Å². The number of hydrogen-bond donors (Lipinski definition) is 0. The van der Waals surface area contributed by atoms with Crippen molar-refractivity contribution >= 4 is 5.97 Å². The number of nitrogens with zero attached hydrogens (tertiary/aromatic N) is 1. The van der Waals surface area contributed by atoms with Crippen molar-refractivity contribution in [2.45, 2.75) is 13.0 Å². The van der Waals surface area contributed by atoms with Crippen LogP contribution < -0.4 is 9.47 Å². The van der Waals surface area contributed by atoms with Crippen LogP contribution in [-0.2, 0) is 22.6 Å². The Balaban J connectivity index is 1.55. The molecule has 0 aliphatic carbocycles. The highest BCUT2D eigenvalue weighted by atomic mass is 16.6. The smallest absolute Gasteiger partial charge is 0.310 e. The van der Waals surface area contributed by atoms with Crippen LogP contribution >= 0.6 is 0 Å². The van der Waals surface area contributed by atoms with Crippen LogP contribution in [0, 0.1) is 11.3 Å². The van der Waals surface area contributed by atoms with E-state index in [2.05, 4.69) is 0 Å². The van der Waals surface area contributed by atoms with Gasteiger partial charge in [0.15, 0.2) is 11.5 Å². The fourth-order valence-electron chi connectivity index (χ4n) is 2.25. The Labute approximate surface area is 134 Å². The lowest BCUT2D eigenvalue weighted by Crippen LogP contribution is -2.15. The molecule has 1 aliphatic heterocycles. The molecule has 3 rings (SSSR count). The van der Waals surface area contributed by atoms with Crippen LogP contribution in [0.4, 0.5) is 0 Å². The first-order chi connectivity index (χ1) is 11.2. The van der Waals surface area contributed by atoms with Crippen molar-refractivity contribution in [1.82, 2.24) is 0 Å². The molecule has 0 amide bonds. The van der Waals surface area contributed by atoms with E-state index in [9.17, 15) is 4.79 Å². The van der Waals surface area contributed by atoms with E-state index in [1.807, 2.05) is 12.1 Å². The highest BCUT2D eigenvalue weighted by Crippen LogP contribution is 2.30. The summed E-state index contributed by atoms with van der Waals surface area (Å²) in [6, 6.07) is 14.4. The van der Waals surface area contributed by atoms with Gasteiger partial charge in [-0.3, -0.25) is 4.79 Å². The number of fused-ring (bicyclic) bond motifs is 1. The molecule has 5 heteroatoms. The number of carbonyl (C=O) groups excluding carboxylic acids is 1. The number of carbonyl (C=O) groups is 1. The molecule has 0 unspecified atom stereocenters. The Bertz CT molecular complexity index is 747. The van der Waals surface area contributed by atoms with Crippen LogP contribution in [0.5, 0.6) is 11.5 Å². The van der Waals surface area contributed by atoms with Crippen LogP contribution in [0.3, 0.4) is 0 Å². The van der Waals surface area contributed by atoms with Crippen molar-refractivity contribution in [3.63, 3.8) is 0 Å². The summed E-state index contributed by atoms with van der Waals surface area (Å²) in [5.74, 6) is 1.05. The van der Waals surface area contributed by atoms with Crippen LogP contribution in [0.2, 0.25) is 0 Å². The van der Waals surface area contributed by atoms with E-state index in [1.54, 1.807) is 36.4 Å². The summed E-state index contributed by atoms with van der Waals surface area (Å²) in [6.07, 6.45) is 0.174. The van der Waals surface area contributed by atoms with Gasteiger partial charge in [0.1, 0.15) is 19.8 Å². The number of nitriles is 1. The highest BCUT2D eigenvalue weighted by molar-refractivity contribution is 5.73. The zero-order valence-electron chi connectivity index (χ0n) is 12.5. The van der Waals surface area contributed by atoms with Crippen molar-refractivity contribution in [1.29, 1.82) is 5.26 Å². The molecule has 1 aliphatic rings. The maximum atomic E-state index is 11.9. The Morgan fingerprint density at radius 2 is 1.74 bits per heavy atom. The minimum atomic E-state index is -0.314. The zero-order valence-corrected chi connectivity index (χ0v) is 12.5. The van der Waals surface area contributed by atoms with E-state index in [-0.39, 0.29) is 19.0 Å². The molecule has 0 bridgehead atoms. The molecular formula is C18H15NO4. The molecule has 0 fully saturated rings. The molecule has 116 valence electrons. The molecule has 23 heavy (non-hydrogen) atoms. The number of rotatable bonds is 4. The van der Waals surface area contributed by atoms with E-state index in [1.165, 1.54) is 0 Å². The summed E-state index contributed by atoms with van der Waals surface area (Å²) in [5, 5.41) is 8.74. The summed E-state index contributed by atoms with van der Waals surface area (Å²) in [7, 11) is 0. The minimum Gasteiger partial charge on any atom is -0.486 e. The quantitative estimate of drug-likeness (QED) is 0.812. The summed E-state index contributed by atoms with van der Waals surface area (Å²) in [6.45, 7) is 1.24. The second-order valence-electron chi connectivity index (χ2n) is 5.12. The molecular weight excluding hydrogens is 294 g/mol. The maximum absolute atomic E-state index is 11.9. The number of benzene rings is 2. The lowest BCUT2D eigenvalue weighted by Gasteiger charge is -2.18. The van der Waals surface area contributed by atoms with E-state index in [4.69, 9.17) is 19.5 Å². The van der Waals surface area contributed by atoms with E-state index in [0.29, 0.717) is 30.3 Å². The molecule has 2 aromatic carbocycles. The molecule has 0 saturated carbocycles. The average molecular weight is 309 g/mol. The van der Waals surface area contributed by atoms with Crippen molar-refractivity contribution in [3.8, 4) is 17.6 Å². The average Bonchev–Trinajstić information content (AvgIpc) is 2.60. The second-order valence-corrected chi connectivity index (χ2v) is 5.12. The molecule has 5 nitrogen and oxygen atoms in total. The van der Waals surface area contributed by atoms with Gasteiger partial charge < -0.3 is 14.2 Å². The minimum absolute atomic E-state index is 0.174. The van der Waals surface area contributed by atoms with Gasteiger partial charge >= 0.3 is 5.97 Å². The second kappa shape index (κ2) is 6.84. The lowest BCUT2D eigenvalue weighted by molar-refractivity contribution is -0.144. The summed E-state index contributed by atoms with van der Waals surface area (Å²) in [5.41, 5.74) is 2.25. The van der Waals surface area contributed by atoms with Crippen molar-refractivity contribution < 1.29 is 19.0 Å². The molecule has 0 N–H and O–H groups in total. The van der Waals surface area contributed by atoms with Crippen LogP contribution in [0.25, 0.3) is 0 Å². The Morgan fingerprint density at radius 3 is 2.48 bits per heavy atom. The molecule has 0 aromatic heterocycles. The Kier molecular flexibility index (Phi) is 4.44. The third-order valence-electron chi connectivity index (χ3n) is 3.44. The first-order valence-electron chi connectivity index (χ1n) is 7.28. The molecule has 0 atom stereocenters. The van der Waals surface area contributed by atoms with E-state index in [0.717, 1.165) is 11.1 Å². The van der Waals surface area contributed by atoms with Gasteiger partial charge in [-0.25, -0.2) is 0 Å². The normalized spacial score (nSPS) is 12.3. The van der Waals surface area contributed by atoms with Gasteiger partial charge in [0, 0.05) is 0 Å². The van der Waals surface area contributed by atoms with Crippen LogP contribution in [0.15, 0.2) is 42.5 Å². The predicted octanol–water partition coefficient (Wildman–Crippen LogP) is 2.62. The maximum Gasteiger partial charge on any atom is 0.310 e. The Hall–Kier alpha value is -3.00. The van der Waals surface area contributed by atoms with Gasteiger partial charge in [0.05, 0.1) is 18.1 Å². The van der Waals surface area contributed by atoms with E-state index < -0.39 is 0 Å². The largest absolute Gasteiger partial charge is 0.486 e. The first kappa shape index (κ1) is 14.9. The molecule has 2 aromatic rings. The SMILES string of the molecule is N#Cc1ccc(COC(=O)Cc2ccc3c(c2)OCCO3)cc1. The highest BCUT2D eigenvalue weighted by Gasteiger charge is 2.13. The summed E-state index contributed by atoms with van der Waals surface area (Å²) >= 11 is 0. The monoisotopic (exact) mass is 309 g/mol. The summed E-state index contributed by atoms with van der Waals surface area (Å²) in [4.78, 5) is 11.9. The molecule has 0 saturated heterocycles. The molecule has 0 radical (unpaired) electrons. The fourth-order valence-corrected chi connectivity index (χ4v) is 2.25. The van der Waals surface area contributed by atoms with Gasteiger partial charge in [-0.1, -0.05) is 18.2 Å². The van der Waals surface area contributed by atoms with Gasteiger partial charge in [-0.05, 0) is 35.4 Å². The topological polar surface area (TPSA) is 68.5 Å². The molecule has 0 spiro atoms. The molecule has 1 heterocycles. The van der Waals surface area contributed by atoms with E-state index >= 15 is 0 Å². The van der Waals surface area contributed by atoms with Gasteiger partial charge in [0.2, 0.25) is 0 Å². The number of ether oxygens (including phenoxy) is 3. The van der Waals surface area contributed by atoms with Crippen molar-refractivity contribution in [3.05, 3.63) is 59.2 Å². The number of esters is 1. The van der Waals surface area contributed by atoms with Crippen LogP contribution in [0.1, 0.15) is 16.7 Å². The zero-order chi connectivity index (χ0) is 16.1. The third kappa shape index (κ3) is 3.80. The lowest BCUT2D eigenvalue weighted by atomic mass is 10.1. The Morgan fingerprint density at radius 1 is 1.04 bits per heavy atom. The fraction of sp³-hybridized carbons (Fsp3) is 0.222. The first-order valence-corrected chi connectivity index (χ1v) is 7.28. The number of hydrogen-bond acceptors (Lipinski definition) is 5. The predicted molar refractivity (Wildman–Crippen MR) is 82.1 cm³/mol. The van der Waals surface area contributed by atoms with Gasteiger partial charge in [-0.2, -0.15) is 5.26 Å². The van der Waals surface area contributed by atoms with Crippen molar-refractivity contribution in [2.24, 2.45) is 0 Å². The standard InChI is InChI=1S/C18H15NO4/c19-11-13-1-3-14(4-2-13)12-23-18(20)10-15-5-6-16-17(9-15)22-8-7-21-16/h1-6,9H,7-8,10,12H2. The van der Waals surface area contributed by atoms with Gasteiger partial charge in [0.25, 0.3) is 0 Å². The van der Waals surface area contributed by atoms with Crippen molar-refractivity contribution in [2.75, 3.05) is 13.2 Å². The summed E-state index contributed by atoms with van der Waals surface area (Å²) < 4.78 is 16.2. The third-order valence-corrected chi connectivity index (χ3v) is 3.44.